The van der Waals surface area contributed by atoms with E-state index in [0.717, 1.165) is 108 Å². The molecule has 17 rings (SSSR count). The van der Waals surface area contributed by atoms with Gasteiger partial charge in [-0.25, -0.2) is 0 Å². The zero-order valence-corrected chi connectivity index (χ0v) is 56.5. The first-order valence-electron chi connectivity index (χ1n) is 35.2. The highest BCUT2D eigenvalue weighted by Gasteiger charge is 2.26. The number of para-hydroxylation sites is 4. The van der Waals surface area contributed by atoms with E-state index in [2.05, 4.69) is 432 Å². The van der Waals surface area contributed by atoms with Gasteiger partial charge in [-0.2, -0.15) is 0 Å². The number of nitrogens with zero attached hydrogens (tertiary/aromatic N) is 4. The quantitative estimate of drug-likeness (QED) is 0.0794. The lowest BCUT2D eigenvalue weighted by molar-refractivity contribution is 0.931. The Morgan fingerprint density at radius 1 is 0.157 bits per heavy atom. The zero-order valence-electron chi connectivity index (χ0n) is 56.5. The maximum atomic E-state index is 2.48. The van der Waals surface area contributed by atoms with Crippen LogP contribution in [0, 0.1) is 0 Å². The van der Waals surface area contributed by atoms with E-state index in [9.17, 15) is 0 Å². The van der Waals surface area contributed by atoms with Crippen LogP contribution in [0.15, 0.2) is 418 Å². The van der Waals surface area contributed by atoms with Gasteiger partial charge in [0, 0.05) is 68.3 Å². The van der Waals surface area contributed by atoms with Crippen LogP contribution in [0.5, 0.6) is 0 Å². The molecular weight excluding hydrogens is 1230 g/mol. The average molecular weight is 1310 g/mol. The minimum atomic E-state index is 0.806. The standard InChI is InChI=1S/C98H72N4/c1-9-25-71(26-10-1)75-41-53-87(54-42-75)101(88-55-43-76(44-56-88)72-27-11-2-12-28-72)91-65-67-93-95(69-91)97(79-49-61-85(62-50-79)99(81-33-17-5-18-34-81)82-35-19-6-20-36-82)94-68-66-92(70-96(94)98(93)80-51-63-86(64-52-80)100(83-37-21-7-22-38-83)84-39-23-8-24-40-84)102(89-57-45-77(46-58-89)73-29-13-3-14-30-73)90-59-47-78(48-60-90)74-31-15-4-16-32-74/h1-51,53-63,65-70H,52,64H2. The van der Waals surface area contributed by atoms with Gasteiger partial charge < -0.3 is 19.6 Å². The van der Waals surface area contributed by atoms with Crippen molar-refractivity contribution >= 4 is 89.7 Å². The Balaban J connectivity index is 0.917. The lowest BCUT2D eigenvalue weighted by Gasteiger charge is -2.31. The third-order valence-corrected chi connectivity index (χ3v) is 19.7. The van der Waals surface area contributed by atoms with E-state index in [0.29, 0.717) is 0 Å². The summed E-state index contributed by atoms with van der Waals surface area (Å²) in [5.74, 6) is 0. The highest BCUT2D eigenvalue weighted by Crippen LogP contribution is 2.50. The fourth-order valence-corrected chi connectivity index (χ4v) is 14.8. The maximum absolute atomic E-state index is 2.48. The molecule has 0 heterocycles. The lowest BCUT2D eigenvalue weighted by atomic mass is 9.83. The summed E-state index contributed by atoms with van der Waals surface area (Å²) < 4.78 is 0. The van der Waals surface area contributed by atoms with Crippen LogP contribution in [0.25, 0.3) is 82.8 Å². The zero-order chi connectivity index (χ0) is 68.0. The maximum Gasteiger partial charge on any atom is 0.0468 e. The predicted molar refractivity (Wildman–Crippen MR) is 433 cm³/mol. The molecule has 0 radical (unpaired) electrons. The van der Waals surface area contributed by atoms with Gasteiger partial charge in [-0.1, -0.05) is 273 Å². The number of hydrogen-bond acceptors (Lipinski definition) is 4. The van der Waals surface area contributed by atoms with Gasteiger partial charge in [-0.3, -0.25) is 0 Å². The molecule has 0 amide bonds. The van der Waals surface area contributed by atoms with Crippen molar-refractivity contribution in [3.05, 3.63) is 424 Å². The van der Waals surface area contributed by atoms with Gasteiger partial charge in [0.2, 0.25) is 0 Å². The summed E-state index contributed by atoms with van der Waals surface area (Å²) in [6.07, 6.45) is 6.42. The summed E-state index contributed by atoms with van der Waals surface area (Å²) in [6, 6.07) is 146. The molecule has 102 heavy (non-hydrogen) atoms. The van der Waals surface area contributed by atoms with E-state index >= 15 is 0 Å². The summed E-state index contributed by atoms with van der Waals surface area (Å²) >= 11 is 0. The van der Waals surface area contributed by atoms with E-state index in [1.807, 2.05) is 0 Å². The third-order valence-electron chi connectivity index (χ3n) is 19.7. The van der Waals surface area contributed by atoms with Crippen LogP contribution in [0.2, 0.25) is 0 Å². The minimum absolute atomic E-state index is 0.806. The summed E-state index contributed by atoms with van der Waals surface area (Å²) in [7, 11) is 0. The number of benzene rings is 16. The molecule has 0 aromatic heterocycles. The van der Waals surface area contributed by atoms with Crippen molar-refractivity contribution in [1.29, 1.82) is 0 Å². The average Bonchev–Trinajstić information content (AvgIpc) is 0.722. The molecule has 0 saturated carbocycles. The third kappa shape index (κ3) is 12.6. The van der Waals surface area contributed by atoms with E-state index in [1.165, 1.54) is 61.0 Å². The fourth-order valence-electron chi connectivity index (χ4n) is 14.8. The normalized spacial score (nSPS) is 12.0. The van der Waals surface area contributed by atoms with Crippen molar-refractivity contribution in [2.24, 2.45) is 0 Å². The second-order valence-corrected chi connectivity index (χ2v) is 25.9. The molecule has 16 aromatic carbocycles. The van der Waals surface area contributed by atoms with Gasteiger partial charge in [0.1, 0.15) is 0 Å². The van der Waals surface area contributed by atoms with E-state index in [-0.39, 0.29) is 0 Å². The molecule has 4 heteroatoms. The van der Waals surface area contributed by atoms with Gasteiger partial charge in [0.05, 0.1) is 0 Å². The van der Waals surface area contributed by atoms with Gasteiger partial charge in [0.15, 0.2) is 0 Å². The minimum Gasteiger partial charge on any atom is -0.314 e. The van der Waals surface area contributed by atoms with E-state index < -0.39 is 0 Å². The van der Waals surface area contributed by atoms with Crippen molar-refractivity contribution in [3.8, 4) is 55.6 Å². The molecule has 1 aliphatic carbocycles. The number of rotatable bonds is 18. The van der Waals surface area contributed by atoms with Gasteiger partial charge in [-0.05, 0) is 241 Å². The van der Waals surface area contributed by atoms with Crippen LogP contribution in [0.1, 0.15) is 18.4 Å². The first kappa shape index (κ1) is 62.3. The molecule has 0 saturated heterocycles. The molecule has 0 bridgehead atoms. The van der Waals surface area contributed by atoms with Crippen LogP contribution in [0.4, 0.5) is 62.6 Å². The summed E-state index contributed by atoms with van der Waals surface area (Å²) in [5, 5.41) is 4.66. The summed E-state index contributed by atoms with van der Waals surface area (Å²) in [5.41, 5.74) is 27.2. The molecular formula is C98H72N4. The van der Waals surface area contributed by atoms with Crippen LogP contribution in [-0.4, -0.2) is 0 Å². The second-order valence-electron chi connectivity index (χ2n) is 25.9. The molecule has 16 aromatic rings. The van der Waals surface area contributed by atoms with Crippen LogP contribution >= 0.6 is 0 Å². The highest BCUT2D eigenvalue weighted by atomic mass is 15.2. The Morgan fingerprint density at radius 2 is 0.392 bits per heavy atom. The van der Waals surface area contributed by atoms with Gasteiger partial charge >= 0.3 is 0 Å². The second kappa shape index (κ2) is 28.3. The predicted octanol–water partition coefficient (Wildman–Crippen LogP) is 27.6. The monoisotopic (exact) mass is 1300 g/mol. The number of anilines is 11. The molecule has 4 nitrogen and oxygen atoms in total. The SMILES string of the molecule is C1=C(c2c3cc(N(c4ccc(-c5ccccc5)cc4)c4ccc(-c5ccccc5)cc4)ccc3c(-c3ccc(N(c4ccccc4)c4ccccc4)cc3)c3cc(N(c4ccc(-c5ccccc5)cc4)c4ccc(-c5ccccc5)cc4)ccc23)CCC(N(c2ccccc2)c2ccccc2)=C1. The van der Waals surface area contributed by atoms with Crippen molar-refractivity contribution in [1.82, 2.24) is 0 Å². The van der Waals surface area contributed by atoms with Gasteiger partial charge in [0.25, 0.3) is 0 Å². The first-order valence-corrected chi connectivity index (χ1v) is 35.2. The number of allylic oxidation sites excluding steroid dienone is 4. The molecule has 0 N–H and O–H groups in total. The van der Waals surface area contributed by atoms with Crippen LogP contribution < -0.4 is 19.6 Å². The Morgan fingerprint density at radius 3 is 0.696 bits per heavy atom. The molecule has 1 aliphatic rings. The van der Waals surface area contributed by atoms with Crippen molar-refractivity contribution in [3.63, 3.8) is 0 Å². The Hall–Kier alpha value is -13.3. The molecule has 0 atom stereocenters. The molecule has 0 unspecified atom stereocenters. The highest BCUT2D eigenvalue weighted by molar-refractivity contribution is 6.20. The Labute approximate surface area is 597 Å². The van der Waals surface area contributed by atoms with E-state index in [1.54, 1.807) is 0 Å². The van der Waals surface area contributed by atoms with Crippen molar-refractivity contribution in [2.45, 2.75) is 12.8 Å². The van der Waals surface area contributed by atoms with Crippen LogP contribution in [-0.2, 0) is 0 Å². The van der Waals surface area contributed by atoms with Crippen molar-refractivity contribution < 1.29 is 0 Å². The molecule has 0 fully saturated rings. The Kier molecular flexibility index (Phi) is 17.3. The molecule has 0 aliphatic heterocycles. The van der Waals surface area contributed by atoms with Crippen molar-refractivity contribution in [2.75, 3.05) is 19.6 Å². The summed E-state index contributed by atoms with van der Waals surface area (Å²) in [4.78, 5) is 9.64. The summed E-state index contributed by atoms with van der Waals surface area (Å²) in [6.45, 7) is 0. The molecule has 484 valence electrons. The van der Waals surface area contributed by atoms with Gasteiger partial charge in [-0.15, -0.1) is 0 Å². The first-order chi connectivity index (χ1) is 50.6. The fraction of sp³-hybridized carbons (Fsp3) is 0.0204. The molecule has 0 spiro atoms. The number of fused-ring (bicyclic) bond motifs is 2. The van der Waals surface area contributed by atoms with Crippen LogP contribution in [0.3, 0.4) is 0 Å². The number of hydrogen-bond donors (Lipinski definition) is 0. The lowest BCUT2D eigenvalue weighted by Crippen LogP contribution is -2.17. The smallest absolute Gasteiger partial charge is 0.0468 e. The topological polar surface area (TPSA) is 13.0 Å². The Bertz CT molecular complexity index is 5350. The largest absolute Gasteiger partial charge is 0.314 e. The van der Waals surface area contributed by atoms with E-state index in [4.69, 9.17) is 0 Å².